The van der Waals surface area contributed by atoms with E-state index in [2.05, 4.69) is 19.9 Å². The molecule has 34 heavy (non-hydrogen) atoms. The highest BCUT2D eigenvalue weighted by atomic mass is 35.5. The summed E-state index contributed by atoms with van der Waals surface area (Å²) in [6, 6.07) is 6.56. The Labute approximate surface area is 199 Å². The van der Waals surface area contributed by atoms with E-state index in [4.69, 9.17) is 11.6 Å². The van der Waals surface area contributed by atoms with E-state index in [1.54, 1.807) is 37.5 Å². The van der Waals surface area contributed by atoms with Gasteiger partial charge in [-0.1, -0.05) is 25.4 Å². The summed E-state index contributed by atoms with van der Waals surface area (Å²) in [5.41, 5.74) is 0.650. The van der Waals surface area contributed by atoms with Gasteiger partial charge < -0.3 is 4.98 Å². The SMILES string of the molecule is CCCn1c(=O)c2[nH]c(-c3cc(Cl)nc(N(C)C(=O)c4cccnc4)c3)nc2n(CCC)c1=O. The van der Waals surface area contributed by atoms with Gasteiger partial charge in [0.05, 0.1) is 5.56 Å². The minimum atomic E-state index is -0.419. The number of aryl methyl sites for hydroxylation is 1. The average Bonchev–Trinajstić information content (AvgIpc) is 3.29. The van der Waals surface area contributed by atoms with Gasteiger partial charge in [0, 0.05) is 38.1 Å². The lowest BCUT2D eigenvalue weighted by atomic mass is 10.2. The van der Waals surface area contributed by atoms with Crippen molar-refractivity contribution in [2.75, 3.05) is 11.9 Å². The zero-order chi connectivity index (χ0) is 24.4. The molecule has 0 atom stereocenters. The number of carbonyl (C=O) groups excluding carboxylic acids is 1. The Hall–Kier alpha value is -3.79. The highest BCUT2D eigenvalue weighted by molar-refractivity contribution is 6.29. The van der Waals surface area contributed by atoms with Crippen LogP contribution in [0.1, 0.15) is 37.0 Å². The third-order valence-corrected chi connectivity index (χ3v) is 5.56. The van der Waals surface area contributed by atoms with Crippen LogP contribution in [0.2, 0.25) is 5.15 Å². The highest BCUT2D eigenvalue weighted by Crippen LogP contribution is 2.26. The molecule has 0 bridgehead atoms. The Kier molecular flexibility index (Phi) is 6.60. The van der Waals surface area contributed by atoms with Gasteiger partial charge >= 0.3 is 5.69 Å². The van der Waals surface area contributed by atoms with Gasteiger partial charge in [-0.25, -0.2) is 14.8 Å². The van der Waals surface area contributed by atoms with Crippen molar-refractivity contribution < 1.29 is 4.79 Å². The molecule has 4 rings (SSSR count). The van der Waals surface area contributed by atoms with Crippen LogP contribution in [0.3, 0.4) is 0 Å². The second kappa shape index (κ2) is 9.60. The minimum Gasteiger partial charge on any atom is -0.332 e. The predicted octanol–water partition coefficient (Wildman–Crippen LogP) is 3.09. The number of carbonyl (C=O) groups is 1. The third kappa shape index (κ3) is 4.24. The van der Waals surface area contributed by atoms with E-state index in [1.807, 2.05) is 13.8 Å². The van der Waals surface area contributed by atoms with Crippen molar-refractivity contribution in [1.82, 2.24) is 29.1 Å². The Morgan fingerprint density at radius 1 is 1.12 bits per heavy atom. The summed E-state index contributed by atoms with van der Waals surface area (Å²) in [7, 11) is 1.58. The number of halogens is 1. The summed E-state index contributed by atoms with van der Waals surface area (Å²) < 4.78 is 2.74. The number of hydrogen-bond acceptors (Lipinski definition) is 6. The van der Waals surface area contributed by atoms with Crippen molar-refractivity contribution in [2.45, 2.75) is 39.8 Å². The van der Waals surface area contributed by atoms with Gasteiger partial charge in [-0.2, -0.15) is 0 Å². The number of anilines is 1. The molecular formula is C23H24ClN7O3. The number of aromatic amines is 1. The first-order chi connectivity index (χ1) is 16.3. The fraction of sp³-hybridized carbons (Fsp3) is 0.304. The van der Waals surface area contributed by atoms with Crippen LogP contribution in [0.25, 0.3) is 22.6 Å². The second-order valence-corrected chi connectivity index (χ2v) is 8.20. The molecule has 0 saturated carbocycles. The zero-order valence-corrected chi connectivity index (χ0v) is 19.8. The second-order valence-electron chi connectivity index (χ2n) is 7.82. The van der Waals surface area contributed by atoms with Crippen LogP contribution in [-0.2, 0) is 13.1 Å². The molecule has 1 amide bonds. The fourth-order valence-corrected chi connectivity index (χ4v) is 3.93. The van der Waals surface area contributed by atoms with E-state index in [0.717, 1.165) is 0 Å². The number of rotatable bonds is 7. The number of amides is 1. The topological polar surface area (TPSA) is 119 Å². The van der Waals surface area contributed by atoms with E-state index in [-0.39, 0.29) is 27.9 Å². The Morgan fingerprint density at radius 2 is 1.85 bits per heavy atom. The van der Waals surface area contributed by atoms with Crippen molar-refractivity contribution in [1.29, 1.82) is 0 Å². The molecule has 176 valence electrons. The molecule has 10 nitrogen and oxygen atoms in total. The monoisotopic (exact) mass is 481 g/mol. The number of imidazole rings is 1. The molecule has 0 spiro atoms. The van der Waals surface area contributed by atoms with Gasteiger partial charge in [0.2, 0.25) is 0 Å². The van der Waals surface area contributed by atoms with Crippen molar-refractivity contribution in [2.24, 2.45) is 0 Å². The summed E-state index contributed by atoms with van der Waals surface area (Å²) in [5.74, 6) is 0.335. The lowest BCUT2D eigenvalue weighted by Gasteiger charge is -2.17. The van der Waals surface area contributed by atoms with Crippen LogP contribution >= 0.6 is 11.6 Å². The largest absolute Gasteiger partial charge is 0.332 e. The van der Waals surface area contributed by atoms with Crippen LogP contribution in [0, 0.1) is 0 Å². The number of H-pyrrole nitrogens is 1. The number of aromatic nitrogens is 6. The number of nitrogens with zero attached hydrogens (tertiary/aromatic N) is 6. The van der Waals surface area contributed by atoms with Crippen LogP contribution in [0.15, 0.2) is 46.2 Å². The van der Waals surface area contributed by atoms with Crippen molar-refractivity contribution in [3.05, 3.63) is 68.2 Å². The minimum absolute atomic E-state index is 0.146. The molecule has 0 aliphatic heterocycles. The smallest absolute Gasteiger partial charge is 0.332 e. The zero-order valence-electron chi connectivity index (χ0n) is 19.1. The van der Waals surface area contributed by atoms with E-state index in [0.29, 0.717) is 48.7 Å². The van der Waals surface area contributed by atoms with Gasteiger partial charge in [-0.05, 0) is 37.1 Å². The van der Waals surface area contributed by atoms with Gasteiger partial charge in [0.25, 0.3) is 11.5 Å². The lowest BCUT2D eigenvalue weighted by Crippen LogP contribution is -2.40. The molecule has 0 unspecified atom stereocenters. The Bertz CT molecular complexity index is 1470. The molecule has 0 aromatic carbocycles. The molecule has 0 radical (unpaired) electrons. The average molecular weight is 482 g/mol. The molecule has 0 saturated heterocycles. The lowest BCUT2D eigenvalue weighted by molar-refractivity contribution is 0.0992. The third-order valence-electron chi connectivity index (χ3n) is 5.37. The van der Waals surface area contributed by atoms with Crippen molar-refractivity contribution in [3.8, 4) is 11.4 Å². The molecule has 1 N–H and O–H groups in total. The molecule has 4 aromatic rings. The number of fused-ring (bicyclic) bond motifs is 1. The molecule has 4 heterocycles. The molecule has 4 aromatic heterocycles. The molecule has 0 fully saturated rings. The molecule has 0 aliphatic carbocycles. The first-order valence-electron chi connectivity index (χ1n) is 10.9. The van der Waals surface area contributed by atoms with Crippen LogP contribution in [-0.4, -0.2) is 42.0 Å². The maximum atomic E-state index is 13.0. The number of hydrogen-bond donors (Lipinski definition) is 1. The normalized spacial score (nSPS) is 11.2. The van der Waals surface area contributed by atoms with E-state index >= 15 is 0 Å². The fourth-order valence-electron chi connectivity index (χ4n) is 3.73. The number of nitrogens with one attached hydrogen (secondary N) is 1. The maximum absolute atomic E-state index is 13.0. The molecule has 0 aliphatic rings. The molecular weight excluding hydrogens is 458 g/mol. The summed E-state index contributed by atoms with van der Waals surface area (Å²) >= 11 is 6.27. The summed E-state index contributed by atoms with van der Waals surface area (Å²) in [4.78, 5) is 56.0. The summed E-state index contributed by atoms with van der Waals surface area (Å²) in [6.45, 7) is 4.60. The Morgan fingerprint density at radius 3 is 2.53 bits per heavy atom. The maximum Gasteiger partial charge on any atom is 0.332 e. The van der Waals surface area contributed by atoms with Crippen LogP contribution in [0.4, 0.5) is 5.82 Å². The van der Waals surface area contributed by atoms with E-state index in [1.165, 1.54) is 20.2 Å². The first kappa shape index (κ1) is 23.4. The first-order valence-corrected chi connectivity index (χ1v) is 11.3. The van der Waals surface area contributed by atoms with Gasteiger partial charge in [0.15, 0.2) is 5.65 Å². The van der Waals surface area contributed by atoms with Gasteiger partial charge in [-0.15, -0.1) is 0 Å². The summed E-state index contributed by atoms with van der Waals surface area (Å²) in [5, 5.41) is 0.146. The molecule has 11 heteroatoms. The quantitative estimate of drug-likeness (QED) is 0.405. The predicted molar refractivity (Wildman–Crippen MR) is 130 cm³/mol. The number of pyridine rings is 2. The van der Waals surface area contributed by atoms with Crippen molar-refractivity contribution in [3.63, 3.8) is 0 Å². The van der Waals surface area contributed by atoms with Gasteiger partial charge in [-0.3, -0.25) is 28.6 Å². The Balaban J connectivity index is 1.84. The highest BCUT2D eigenvalue weighted by Gasteiger charge is 2.20. The van der Waals surface area contributed by atoms with Crippen LogP contribution in [0.5, 0.6) is 0 Å². The van der Waals surface area contributed by atoms with E-state index in [9.17, 15) is 14.4 Å². The summed E-state index contributed by atoms with van der Waals surface area (Å²) in [6.07, 6.45) is 4.40. The standard InChI is InChI=1S/C23H24ClN7O3/c1-4-9-30-20-18(22(33)31(10-5-2)23(30)34)27-19(28-20)15-11-16(24)26-17(12-15)29(3)21(32)14-7-6-8-25-13-14/h6-8,11-13H,4-5,9-10H2,1-3H3,(H,27,28). The van der Waals surface area contributed by atoms with Crippen LogP contribution < -0.4 is 16.1 Å². The van der Waals surface area contributed by atoms with Gasteiger partial charge in [0.1, 0.15) is 22.3 Å². The van der Waals surface area contributed by atoms with Crippen molar-refractivity contribution >= 4 is 34.5 Å². The van der Waals surface area contributed by atoms with E-state index < -0.39 is 5.56 Å².